The third-order valence-corrected chi connectivity index (χ3v) is 2.59. The van der Waals surface area contributed by atoms with Crippen LogP contribution in [0.4, 0.5) is 13.2 Å². The van der Waals surface area contributed by atoms with E-state index < -0.39 is 17.8 Å². The highest BCUT2D eigenvalue weighted by Crippen LogP contribution is 2.34. The number of halogens is 3. The second-order valence-electron chi connectivity index (χ2n) is 3.95. The molecule has 106 valence electrons. The monoisotopic (exact) mass is 285 g/mol. The lowest BCUT2D eigenvalue weighted by Gasteiger charge is -2.09. The maximum Gasteiger partial charge on any atom is 0.434 e. The molecule has 2 aromatic heterocycles. The standard InChI is InChI=1S/C12H10F3N3O2/c1-6-8(11(19)20-2)18-10(17-6)7-4-3-5-16-9(7)12(13,14)15/h3-5H,1-2H3,(H,17,18). The fourth-order valence-electron chi connectivity index (χ4n) is 1.71. The molecule has 0 bridgehead atoms. The van der Waals surface area contributed by atoms with Gasteiger partial charge in [-0.2, -0.15) is 13.2 Å². The first kappa shape index (κ1) is 14.0. The van der Waals surface area contributed by atoms with Crippen LogP contribution in [0.1, 0.15) is 21.9 Å². The number of aromatic amines is 1. The van der Waals surface area contributed by atoms with Gasteiger partial charge in [-0.3, -0.25) is 4.98 Å². The van der Waals surface area contributed by atoms with Crippen molar-refractivity contribution in [2.24, 2.45) is 0 Å². The van der Waals surface area contributed by atoms with Crippen molar-refractivity contribution in [3.63, 3.8) is 0 Å². The second-order valence-corrected chi connectivity index (χ2v) is 3.95. The van der Waals surface area contributed by atoms with Gasteiger partial charge >= 0.3 is 12.1 Å². The Balaban J connectivity index is 2.56. The van der Waals surface area contributed by atoms with Crippen LogP contribution >= 0.6 is 0 Å². The van der Waals surface area contributed by atoms with Crippen LogP contribution in [0, 0.1) is 6.92 Å². The number of hydrogen-bond acceptors (Lipinski definition) is 4. The number of H-pyrrole nitrogens is 1. The molecule has 1 N–H and O–H groups in total. The molecule has 0 fully saturated rings. The average Bonchev–Trinajstić information content (AvgIpc) is 2.79. The molecular weight excluding hydrogens is 275 g/mol. The van der Waals surface area contributed by atoms with E-state index in [1.54, 1.807) is 0 Å². The van der Waals surface area contributed by atoms with Crippen LogP contribution in [0.15, 0.2) is 18.3 Å². The number of ether oxygens (including phenoxy) is 1. The van der Waals surface area contributed by atoms with E-state index in [1.165, 1.54) is 26.2 Å². The Morgan fingerprint density at radius 1 is 1.40 bits per heavy atom. The number of esters is 1. The average molecular weight is 285 g/mol. The van der Waals surface area contributed by atoms with Gasteiger partial charge in [-0.05, 0) is 19.1 Å². The maximum absolute atomic E-state index is 12.9. The Morgan fingerprint density at radius 3 is 2.70 bits per heavy atom. The smallest absolute Gasteiger partial charge is 0.434 e. The van der Waals surface area contributed by atoms with Crippen molar-refractivity contribution in [1.29, 1.82) is 0 Å². The predicted octanol–water partition coefficient (Wildman–Crippen LogP) is 2.59. The highest BCUT2D eigenvalue weighted by atomic mass is 19.4. The molecular formula is C12H10F3N3O2. The fraction of sp³-hybridized carbons (Fsp3) is 0.250. The van der Waals surface area contributed by atoms with E-state index in [0.29, 0.717) is 5.69 Å². The maximum atomic E-state index is 12.9. The summed E-state index contributed by atoms with van der Waals surface area (Å²) >= 11 is 0. The molecule has 2 rings (SSSR count). The van der Waals surface area contributed by atoms with Crippen LogP contribution < -0.4 is 0 Å². The molecule has 2 heterocycles. The first-order valence-electron chi connectivity index (χ1n) is 5.52. The molecule has 0 unspecified atom stereocenters. The summed E-state index contributed by atoms with van der Waals surface area (Å²) in [7, 11) is 1.17. The highest BCUT2D eigenvalue weighted by molar-refractivity contribution is 5.89. The summed E-state index contributed by atoms with van der Waals surface area (Å²) in [5.41, 5.74) is -1.02. The highest BCUT2D eigenvalue weighted by Gasteiger charge is 2.36. The molecule has 0 amide bonds. The van der Waals surface area contributed by atoms with Crippen molar-refractivity contribution >= 4 is 5.97 Å². The minimum absolute atomic E-state index is 0.0560. The summed E-state index contributed by atoms with van der Waals surface area (Å²) in [5, 5.41) is 0. The zero-order valence-electron chi connectivity index (χ0n) is 10.6. The molecule has 0 aliphatic carbocycles. The first-order valence-corrected chi connectivity index (χ1v) is 5.52. The first-order chi connectivity index (χ1) is 9.34. The van der Waals surface area contributed by atoms with Gasteiger partial charge in [0.05, 0.1) is 7.11 Å². The van der Waals surface area contributed by atoms with Crippen molar-refractivity contribution in [2.45, 2.75) is 13.1 Å². The number of nitrogens with one attached hydrogen (secondary N) is 1. The normalized spacial score (nSPS) is 11.4. The number of imidazole rings is 1. The lowest BCUT2D eigenvalue weighted by Crippen LogP contribution is -2.10. The van der Waals surface area contributed by atoms with Gasteiger partial charge in [0.2, 0.25) is 0 Å². The van der Waals surface area contributed by atoms with Crippen molar-refractivity contribution in [3.05, 3.63) is 35.4 Å². The van der Waals surface area contributed by atoms with Crippen LogP contribution in [0.5, 0.6) is 0 Å². The van der Waals surface area contributed by atoms with E-state index in [1.807, 2.05) is 0 Å². The minimum Gasteiger partial charge on any atom is -0.464 e. The van der Waals surface area contributed by atoms with E-state index in [0.717, 1.165) is 6.20 Å². The molecule has 0 aliphatic rings. The summed E-state index contributed by atoms with van der Waals surface area (Å²) < 4.78 is 43.1. The summed E-state index contributed by atoms with van der Waals surface area (Å²) in [4.78, 5) is 21.2. The number of methoxy groups -OCH3 is 1. The van der Waals surface area contributed by atoms with Gasteiger partial charge in [0, 0.05) is 17.5 Å². The van der Waals surface area contributed by atoms with E-state index >= 15 is 0 Å². The largest absolute Gasteiger partial charge is 0.464 e. The number of aromatic nitrogens is 3. The summed E-state index contributed by atoms with van der Waals surface area (Å²) in [5.74, 6) is -0.800. The Labute approximate surface area is 111 Å². The number of hydrogen-bond donors (Lipinski definition) is 1. The van der Waals surface area contributed by atoms with Crippen molar-refractivity contribution < 1.29 is 22.7 Å². The zero-order valence-corrected chi connectivity index (χ0v) is 10.6. The van der Waals surface area contributed by atoms with E-state index in [-0.39, 0.29) is 17.1 Å². The number of carbonyl (C=O) groups is 1. The van der Waals surface area contributed by atoms with E-state index in [2.05, 4.69) is 19.7 Å². The quantitative estimate of drug-likeness (QED) is 0.861. The summed E-state index contributed by atoms with van der Waals surface area (Å²) in [6.07, 6.45) is -3.56. The van der Waals surface area contributed by atoms with Crippen LogP contribution in [-0.4, -0.2) is 28.0 Å². The third kappa shape index (κ3) is 2.49. The van der Waals surface area contributed by atoms with Crippen LogP contribution in [0.3, 0.4) is 0 Å². The van der Waals surface area contributed by atoms with E-state index in [9.17, 15) is 18.0 Å². The molecule has 5 nitrogen and oxygen atoms in total. The SMILES string of the molecule is COC(=O)c1nc(-c2cccnc2C(F)(F)F)[nH]c1C. The number of aryl methyl sites for hydroxylation is 1. The van der Waals surface area contributed by atoms with Crippen molar-refractivity contribution in [1.82, 2.24) is 15.0 Å². The Kier molecular flexibility index (Phi) is 3.47. The van der Waals surface area contributed by atoms with Crippen molar-refractivity contribution in [3.8, 4) is 11.4 Å². The summed E-state index contributed by atoms with van der Waals surface area (Å²) in [6, 6.07) is 2.59. The Hall–Kier alpha value is -2.38. The molecule has 0 aliphatic heterocycles. The van der Waals surface area contributed by atoms with Crippen LogP contribution in [-0.2, 0) is 10.9 Å². The number of carbonyl (C=O) groups excluding carboxylic acids is 1. The number of pyridine rings is 1. The number of rotatable bonds is 2. The van der Waals surface area contributed by atoms with Gasteiger partial charge < -0.3 is 9.72 Å². The molecule has 8 heteroatoms. The van der Waals surface area contributed by atoms with Crippen molar-refractivity contribution in [2.75, 3.05) is 7.11 Å². The second kappa shape index (κ2) is 4.95. The van der Waals surface area contributed by atoms with Gasteiger partial charge in [0.15, 0.2) is 11.4 Å². The lowest BCUT2D eigenvalue weighted by molar-refractivity contribution is -0.140. The molecule has 20 heavy (non-hydrogen) atoms. The summed E-state index contributed by atoms with van der Waals surface area (Å²) in [6.45, 7) is 1.52. The predicted molar refractivity (Wildman–Crippen MR) is 62.9 cm³/mol. The van der Waals surface area contributed by atoms with Gasteiger partial charge in [0.1, 0.15) is 5.82 Å². The van der Waals surface area contributed by atoms with Gasteiger partial charge in [0.25, 0.3) is 0 Å². The zero-order chi connectivity index (χ0) is 14.9. The molecule has 0 saturated carbocycles. The molecule has 0 spiro atoms. The topological polar surface area (TPSA) is 67.9 Å². The van der Waals surface area contributed by atoms with Gasteiger partial charge in [-0.25, -0.2) is 9.78 Å². The molecule has 0 radical (unpaired) electrons. The van der Waals surface area contributed by atoms with Gasteiger partial charge in [-0.1, -0.05) is 0 Å². The third-order valence-electron chi connectivity index (χ3n) is 2.59. The molecule has 0 saturated heterocycles. The van der Waals surface area contributed by atoms with Crippen LogP contribution in [0.25, 0.3) is 11.4 Å². The molecule has 0 atom stereocenters. The molecule has 0 aromatic carbocycles. The minimum atomic E-state index is -4.61. The lowest BCUT2D eigenvalue weighted by atomic mass is 10.2. The number of alkyl halides is 3. The van der Waals surface area contributed by atoms with Crippen LogP contribution in [0.2, 0.25) is 0 Å². The molecule has 2 aromatic rings. The van der Waals surface area contributed by atoms with Gasteiger partial charge in [-0.15, -0.1) is 0 Å². The Bertz CT molecular complexity index is 650. The van der Waals surface area contributed by atoms with E-state index in [4.69, 9.17) is 0 Å². The number of nitrogens with zero attached hydrogens (tertiary/aromatic N) is 2. The Morgan fingerprint density at radius 2 is 2.10 bits per heavy atom. The fourth-order valence-corrected chi connectivity index (χ4v) is 1.71.